The molecule has 0 bridgehead atoms. The first-order chi connectivity index (χ1) is 15.5. The minimum Gasteiger partial charge on any atom is -0.378 e. The number of nitrogens with one attached hydrogen (secondary N) is 2. The van der Waals surface area contributed by atoms with Gasteiger partial charge < -0.3 is 30.1 Å². The number of morpholine rings is 1. The summed E-state index contributed by atoms with van der Waals surface area (Å²) in [6.45, 7) is 3.00. The summed E-state index contributed by atoms with van der Waals surface area (Å²) in [5.74, 6) is -1.09. The summed E-state index contributed by atoms with van der Waals surface area (Å²) in [6.07, 6.45) is 5.39. The molecule has 0 unspecified atom stereocenters. The molecule has 172 valence electrons. The van der Waals surface area contributed by atoms with Crippen LogP contribution in [0.2, 0.25) is 0 Å². The summed E-state index contributed by atoms with van der Waals surface area (Å²) in [4.78, 5) is 63.9. The number of hydrogen-bond acceptors (Lipinski definition) is 7. The molecule has 1 aromatic rings. The molecule has 12 heteroatoms. The molecule has 4 heterocycles. The molecule has 0 saturated carbocycles. The number of rotatable bonds is 3. The van der Waals surface area contributed by atoms with Crippen molar-refractivity contribution >= 4 is 23.8 Å². The number of piperidine rings is 1. The Labute approximate surface area is 185 Å². The Hall–Kier alpha value is -3.28. The van der Waals surface area contributed by atoms with Crippen LogP contribution in [0.3, 0.4) is 0 Å². The van der Waals surface area contributed by atoms with E-state index < -0.39 is 23.9 Å². The highest BCUT2D eigenvalue weighted by molar-refractivity contribution is 5.98. The molecule has 5 amide bonds. The van der Waals surface area contributed by atoms with E-state index in [9.17, 15) is 19.2 Å². The van der Waals surface area contributed by atoms with Gasteiger partial charge in [-0.25, -0.2) is 14.8 Å². The smallest absolute Gasteiger partial charge is 0.320 e. The molecule has 2 atom stereocenters. The van der Waals surface area contributed by atoms with Crippen LogP contribution in [-0.2, 0) is 14.3 Å². The van der Waals surface area contributed by atoms with Gasteiger partial charge in [0.05, 0.1) is 25.3 Å². The van der Waals surface area contributed by atoms with Crippen LogP contribution in [0.25, 0.3) is 0 Å². The molecule has 0 spiro atoms. The Morgan fingerprint density at radius 2 is 1.81 bits per heavy atom. The lowest BCUT2D eigenvalue weighted by Gasteiger charge is -2.42. The first-order valence-corrected chi connectivity index (χ1v) is 10.8. The van der Waals surface area contributed by atoms with Crippen molar-refractivity contribution in [1.82, 2.24) is 35.3 Å². The Kier molecular flexibility index (Phi) is 6.78. The van der Waals surface area contributed by atoms with Gasteiger partial charge >= 0.3 is 6.03 Å². The van der Waals surface area contributed by atoms with Crippen molar-refractivity contribution in [2.45, 2.75) is 24.9 Å². The van der Waals surface area contributed by atoms with Gasteiger partial charge in [0.15, 0.2) is 0 Å². The minimum atomic E-state index is -0.934. The lowest BCUT2D eigenvalue weighted by atomic mass is 10.0. The minimum absolute atomic E-state index is 0.0375. The van der Waals surface area contributed by atoms with Gasteiger partial charge in [0, 0.05) is 45.1 Å². The van der Waals surface area contributed by atoms with Gasteiger partial charge in [-0.3, -0.25) is 14.4 Å². The Balaban J connectivity index is 1.51. The number of carbonyl (C=O) groups excluding carboxylic acids is 4. The van der Waals surface area contributed by atoms with Crippen LogP contribution >= 0.6 is 0 Å². The number of nitrogens with zero attached hydrogens (tertiary/aromatic N) is 5. The van der Waals surface area contributed by atoms with Gasteiger partial charge in [0.25, 0.3) is 5.91 Å². The lowest BCUT2D eigenvalue weighted by Crippen LogP contribution is -2.65. The van der Waals surface area contributed by atoms with Crippen molar-refractivity contribution in [1.29, 1.82) is 0 Å². The van der Waals surface area contributed by atoms with E-state index >= 15 is 0 Å². The van der Waals surface area contributed by atoms with Crippen molar-refractivity contribution in [2.75, 3.05) is 52.5 Å². The number of carbonyl (C=O) groups is 4. The van der Waals surface area contributed by atoms with Crippen molar-refractivity contribution in [3.8, 4) is 0 Å². The molecule has 1 aromatic heterocycles. The molecule has 3 saturated heterocycles. The van der Waals surface area contributed by atoms with Crippen LogP contribution < -0.4 is 10.6 Å². The largest absolute Gasteiger partial charge is 0.378 e. The predicted molar refractivity (Wildman–Crippen MR) is 110 cm³/mol. The first-order valence-electron chi connectivity index (χ1n) is 10.8. The molecule has 0 aromatic carbocycles. The molecule has 0 aliphatic carbocycles. The van der Waals surface area contributed by atoms with E-state index in [0.29, 0.717) is 45.8 Å². The average Bonchev–Trinajstić information content (AvgIpc) is 2.85. The van der Waals surface area contributed by atoms with Crippen molar-refractivity contribution < 1.29 is 23.9 Å². The SMILES string of the molecule is O=C(N[C@@H]1CCCNC1=O)[C@H]1CN(C(=O)N2CCOCC2)CCN1C(=O)c1cncnc1. The number of ether oxygens (including phenoxy) is 1. The van der Waals surface area contributed by atoms with Gasteiger partial charge in [0.1, 0.15) is 18.4 Å². The zero-order valence-corrected chi connectivity index (χ0v) is 17.7. The van der Waals surface area contributed by atoms with E-state index in [4.69, 9.17) is 4.74 Å². The number of aromatic nitrogens is 2. The molecule has 32 heavy (non-hydrogen) atoms. The second kappa shape index (κ2) is 9.90. The van der Waals surface area contributed by atoms with Crippen molar-refractivity contribution in [2.24, 2.45) is 0 Å². The fourth-order valence-electron chi connectivity index (χ4n) is 4.13. The van der Waals surface area contributed by atoms with Crippen LogP contribution in [0.15, 0.2) is 18.7 Å². The van der Waals surface area contributed by atoms with Gasteiger partial charge in [0.2, 0.25) is 11.8 Å². The fourth-order valence-corrected chi connectivity index (χ4v) is 4.13. The van der Waals surface area contributed by atoms with Crippen molar-refractivity contribution in [3.05, 3.63) is 24.3 Å². The Morgan fingerprint density at radius 1 is 1.06 bits per heavy atom. The van der Waals surface area contributed by atoms with Gasteiger partial charge in [-0.05, 0) is 12.8 Å². The zero-order valence-electron chi connectivity index (χ0n) is 17.7. The topological polar surface area (TPSA) is 137 Å². The maximum atomic E-state index is 13.2. The highest BCUT2D eigenvalue weighted by Gasteiger charge is 2.40. The van der Waals surface area contributed by atoms with Gasteiger partial charge in [-0.1, -0.05) is 0 Å². The van der Waals surface area contributed by atoms with Crippen LogP contribution in [-0.4, -0.2) is 113 Å². The number of urea groups is 1. The number of amides is 5. The maximum absolute atomic E-state index is 13.2. The van der Waals surface area contributed by atoms with Crippen molar-refractivity contribution in [3.63, 3.8) is 0 Å². The summed E-state index contributed by atoms with van der Waals surface area (Å²) in [5, 5.41) is 5.50. The number of hydrogen-bond donors (Lipinski definition) is 2. The van der Waals surface area contributed by atoms with Crippen LogP contribution in [0.1, 0.15) is 23.2 Å². The highest BCUT2D eigenvalue weighted by atomic mass is 16.5. The van der Waals surface area contributed by atoms with E-state index in [0.717, 1.165) is 6.42 Å². The normalized spacial score (nSPS) is 24.0. The first kappa shape index (κ1) is 21.9. The highest BCUT2D eigenvalue weighted by Crippen LogP contribution is 2.17. The molecule has 12 nitrogen and oxygen atoms in total. The zero-order chi connectivity index (χ0) is 22.5. The Bertz CT molecular complexity index is 861. The van der Waals surface area contributed by atoms with E-state index in [1.54, 1.807) is 9.80 Å². The lowest BCUT2D eigenvalue weighted by molar-refractivity contribution is -0.133. The monoisotopic (exact) mass is 445 g/mol. The average molecular weight is 445 g/mol. The molecule has 3 fully saturated rings. The molecule has 3 aliphatic rings. The van der Waals surface area contributed by atoms with Gasteiger partial charge in [-0.15, -0.1) is 0 Å². The third-order valence-corrected chi connectivity index (χ3v) is 5.91. The molecule has 2 N–H and O–H groups in total. The van der Waals surface area contributed by atoms with E-state index in [1.807, 2.05) is 0 Å². The Morgan fingerprint density at radius 3 is 2.53 bits per heavy atom. The molecule has 4 rings (SSSR count). The van der Waals surface area contributed by atoms with Crippen LogP contribution in [0.4, 0.5) is 4.79 Å². The van der Waals surface area contributed by atoms with E-state index in [1.165, 1.54) is 23.6 Å². The maximum Gasteiger partial charge on any atom is 0.320 e. The van der Waals surface area contributed by atoms with E-state index in [2.05, 4.69) is 20.6 Å². The molecular weight excluding hydrogens is 418 g/mol. The van der Waals surface area contributed by atoms with E-state index in [-0.39, 0.29) is 30.6 Å². The quantitative estimate of drug-likeness (QED) is 0.575. The molecule has 3 aliphatic heterocycles. The predicted octanol–water partition coefficient (Wildman–Crippen LogP) is -1.55. The summed E-state index contributed by atoms with van der Waals surface area (Å²) in [5.41, 5.74) is 0.258. The van der Waals surface area contributed by atoms with Gasteiger partial charge in [-0.2, -0.15) is 0 Å². The molecule has 0 radical (unpaired) electrons. The summed E-state index contributed by atoms with van der Waals surface area (Å²) in [7, 11) is 0. The summed E-state index contributed by atoms with van der Waals surface area (Å²) >= 11 is 0. The third kappa shape index (κ3) is 4.79. The summed E-state index contributed by atoms with van der Waals surface area (Å²) in [6, 6.07) is -1.77. The number of piperazine rings is 1. The second-order valence-corrected chi connectivity index (χ2v) is 7.96. The van der Waals surface area contributed by atoms with Crippen LogP contribution in [0, 0.1) is 0 Å². The molecular formula is C20H27N7O5. The second-order valence-electron chi connectivity index (χ2n) is 7.96. The third-order valence-electron chi connectivity index (χ3n) is 5.91. The standard InChI is InChI=1S/C20H27N7O5/c28-17-15(2-1-3-23-17)24-18(29)16-12-26(20(31)25-6-8-32-9-7-25)4-5-27(16)19(30)14-10-21-13-22-11-14/h10-11,13,15-16H,1-9,12H2,(H,23,28)(H,24,29)/t15-,16-/m1/s1. The summed E-state index contributed by atoms with van der Waals surface area (Å²) < 4.78 is 5.31. The van der Waals surface area contributed by atoms with Crippen LogP contribution in [0.5, 0.6) is 0 Å². The fraction of sp³-hybridized carbons (Fsp3) is 0.600.